The Morgan fingerprint density at radius 1 is 1.38 bits per heavy atom. The van der Waals surface area contributed by atoms with E-state index in [1.54, 1.807) is 0 Å². The molecule has 1 rings (SSSR count). The maximum absolute atomic E-state index is 5.00. The second-order valence-electron chi connectivity index (χ2n) is 3.77. The van der Waals surface area contributed by atoms with E-state index in [0.717, 1.165) is 12.3 Å². The molecule has 1 atom stereocenters. The first-order valence-electron chi connectivity index (χ1n) is 4.61. The summed E-state index contributed by atoms with van der Waals surface area (Å²) in [6, 6.07) is 0.366. The van der Waals surface area contributed by atoms with Crippen molar-refractivity contribution >= 4 is 12.2 Å². The zero-order chi connectivity index (χ0) is 9.84. The molecule has 74 valence electrons. The van der Waals surface area contributed by atoms with Crippen LogP contribution in [0.4, 0.5) is 0 Å². The molecule has 4 nitrogen and oxygen atoms in total. The lowest BCUT2D eigenvalue weighted by molar-refractivity contribution is 0.400. The number of aromatic amines is 1. The summed E-state index contributed by atoms with van der Waals surface area (Å²) in [6.07, 6.45) is 2.30. The molecule has 0 aliphatic rings. The highest BCUT2D eigenvalue weighted by molar-refractivity contribution is 7.71. The highest BCUT2D eigenvalue weighted by Gasteiger charge is 2.07. The van der Waals surface area contributed by atoms with E-state index in [0.29, 0.717) is 10.8 Å². The van der Waals surface area contributed by atoms with Gasteiger partial charge in [0, 0.05) is 0 Å². The van der Waals surface area contributed by atoms with Gasteiger partial charge in [0.25, 0.3) is 0 Å². The summed E-state index contributed by atoms with van der Waals surface area (Å²) in [5.41, 5.74) is 0. The van der Waals surface area contributed by atoms with E-state index in [4.69, 9.17) is 12.2 Å². The maximum Gasteiger partial charge on any atom is 0.238 e. The van der Waals surface area contributed by atoms with Crippen molar-refractivity contribution in [3.8, 4) is 0 Å². The SMILES string of the molecule is CC(C)CCC(C)n1[nH]nnc1=S. The number of aromatic nitrogens is 4. The zero-order valence-electron chi connectivity index (χ0n) is 8.32. The van der Waals surface area contributed by atoms with E-state index >= 15 is 0 Å². The molecule has 13 heavy (non-hydrogen) atoms. The van der Waals surface area contributed by atoms with Crippen LogP contribution in [0.5, 0.6) is 0 Å². The number of hydrogen-bond donors (Lipinski definition) is 1. The molecule has 1 heterocycles. The Kier molecular flexibility index (Phi) is 3.59. The van der Waals surface area contributed by atoms with Crippen molar-refractivity contribution in [2.24, 2.45) is 5.92 Å². The van der Waals surface area contributed by atoms with E-state index in [2.05, 4.69) is 36.3 Å². The van der Waals surface area contributed by atoms with E-state index in [-0.39, 0.29) is 0 Å². The van der Waals surface area contributed by atoms with E-state index in [1.165, 1.54) is 6.42 Å². The van der Waals surface area contributed by atoms with Gasteiger partial charge in [-0.2, -0.15) is 5.21 Å². The van der Waals surface area contributed by atoms with Crippen molar-refractivity contribution in [2.45, 2.75) is 39.7 Å². The third kappa shape index (κ3) is 2.91. The molecule has 0 aliphatic carbocycles. The van der Waals surface area contributed by atoms with Crippen molar-refractivity contribution in [3.63, 3.8) is 0 Å². The van der Waals surface area contributed by atoms with Gasteiger partial charge in [-0.25, -0.2) is 4.68 Å². The first kappa shape index (κ1) is 10.4. The largest absolute Gasteiger partial charge is 0.240 e. The average molecular weight is 200 g/mol. The van der Waals surface area contributed by atoms with E-state index < -0.39 is 0 Å². The second kappa shape index (κ2) is 4.50. The molecule has 1 N–H and O–H groups in total. The lowest BCUT2D eigenvalue weighted by Crippen LogP contribution is -2.08. The lowest BCUT2D eigenvalue weighted by Gasteiger charge is -2.12. The molecular weight excluding hydrogens is 184 g/mol. The van der Waals surface area contributed by atoms with Crippen LogP contribution in [0.15, 0.2) is 0 Å². The van der Waals surface area contributed by atoms with Gasteiger partial charge in [0.15, 0.2) is 0 Å². The van der Waals surface area contributed by atoms with Crippen LogP contribution < -0.4 is 0 Å². The summed E-state index contributed by atoms with van der Waals surface area (Å²) in [6.45, 7) is 6.56. The maximum atomic E-state index is 5.00. The molecule has 0 spiro atoms. The van der Waals surface area contributed by atoms with Gasteiger partial charge in [-0.1, -0.05) is 24.2 Å². The highest BCUT2D eigenvalue weighted by atomic mass is 32.1. The predicted octanol–water partition coefficient (Wildman–Crippen LogP) is 2.33. The van der Waals surface area contributed by atoms with Gasteiger partial charge in [0.1, 0.15) is 0 Å². The van der Waals surface area contributed by atoms with E-state index in [1.807, 2.05) is 4.68 Å². The monoisotopic (exact) mass is 200 g/mol. The summed E-state index contributed by atoms with van der Waals surface area (Å²) in [7, 11) is 0. The van der Waals surface area contributed by atoms with Crippen molar-refractivity contribution in [3.05, 3.63) is 4.77 Å². The number of tetrazole rings is 1. The molecule has 1 aromatic heterocycles. The van der Waals surface area contributed by atoms with Crippen molar-refractivity contribution in [2.75, 3.05) is 0 Å². The summed E-state index contributed by atoms with van der Waals surface area (Å²) in [5.74, 6) is 0.729. The molecular formula is C8H16N4S. The summed E-state index contributed by atoms with van der Waals surface area (Å²) >= 11 is 5.00. The van der Waals surface area contributed by atoms with Crippen LogP contribution in [0, 0.1) is 10.7 Å². The molecule has 0 saturated heterocycles. The second-order valence-corrected chi connectivity index (χ2v) is 4.14. The fraction of sp³-hybridized carbons (Fsp3) is 0.875. The predicted molar refractivity (Wildman–Crippen MR) is 54.0 cm³/mol. The lowest BCUT2D eigenvalue weighted by atomic mass is 10.0. The van der Waals surface area contributed by atoms with Crippen LogP contribution in [0.25, 0.3) is 0 Å². The van der Waals surface area contributed by atoms with Gasteiger partial charge in [-0.05, 0) is 37.9 Å². The van der Waals surface area contributed by atoms with Gasteiger partial charge in [-0.15, -0.1) is 0 Å². The van der Waals surface area contributed by atoms with E-state index in [9.17, 15) is 0 Å². The summed E-state index contributed by atoms with van der Waals surface area (Å²) < 4.78 is 2.37. The Bertz CT molecular complexity index is 301. The average Bonchev–Trinajstić information content (AvgIpc) is 2.47. The van der Waals surface area contributed by atoms with Crippen LogP contribution in [-0.4, -0.2) is 20.2 Å². The molecule has 0 bridgehead atoms. The Labute approximate surface area is 83.3 Å². The molecule has 0 aliphatic heterocycles. The Morgan fingerprint density at radius 3 is 2.54 bits per heavy atom. The van der Waals surface area contributed by atoms with Crippen LogP contribution >= 0.6 is 12.2 Å². The highest BCUT2D eigenvalue weighted by Crippen LogP contribution is 2.15. The first-order chi connectivity index (χ1) is 6.11. The Morgan fingerprint density at radius 2 is 2.08 bits per heavy atom. The minimum atomic E-state index is 0.366. The summed E-state index contributed by atoms with van der Waals surface area (Å²) in [5, 5.41) is 10.2. The molecule has 0 fully saturated rings. The third-order valence-corrected chi connectivity index (χ3v) is 2.37. The van der Waals surface area contributed by atoms with Crippen molar-refractivity contribution < 1.29 is 0 Å². The molecule has 5 heteroatoms. The summed E-state index contributed by atoms with van der Waals surface area (Å²) in [4.78, 5) is 0. The normalized spacial score (nSPS) is 13.5. The standard InChI is InChI=1S/C8H16N4S/c1-6(2)4-5-7(3)12-8(13)9-10-11-12/h6-7H,4-5H2,1-3H3,(H,9,11,13). The molecule has 0 saturated carbocycles. The number of rotatable bonds is 4. The molecule has 1 unspecified atom stereocenters. The third-order valence-electron chi connectivity index (χ3n) is 2.10. The number of nitrogens with one attached hydrogen (secondary N) is 1. The van der Waals surface area contributed by atoms with Crippen LogP contribution in [-0.2, 0) is 0 Å². The zero-order valence-corrected chi connectivity index (χ0v) is 9.14. The Hall–Kier alpha value is -0.710. The van der Waals surface area contributed by atoms with Crippen molar-refractivity contribution in [1.82, 2.24) is 20.2 Å². The van der Waals surface area contributed by atoms with Gasteiger partial charge >= 0.3 is 0 Å². The molecule has 1 aromatic rings. The molecule has 0 aromatic carbocycles. The Balaban J connectivity index is 2.54. The van der Waals surface area contributed by atoms with Gasteiger partial charge in [-0.3, -0.25) is 0 Å². The number of hydrogen-bond acceptors (Lipinski definition) is 3. The molecule has 0 amide bonds. The van der Waals surface area contributed by atoms with Gasteiger partial charge < -0.3 is 0 Å². The quantitative estimate of drug-likeness (QED) is 0.759. The number of nitrogens with zero attached hydrogens (tertiary/aromatic N) is 3. The number of H-pyrrole nitrogens is 1. The van der Waals surface area contributed by atoms with Crippen molar-refractivity contribution in [1.29, 1.82) is 0 Å². The minimum absolute atomic E-state index is 0.366. The van der Waals surface area contributed by atoms with Crippen LogP contribution in [0.2, 0.25) is 0 Å². The van der Waals surface area contributed by atoms with Gasteiger partial charge in [0.05, 0.1) is 6.04 Å². The van der Waals surface area contributed by atoms with Gasteiger partial charge in [0.2, 0.25) is 4.77 Å². The topological polar surface area (TPSA) is 46.5 Å². The first-order valence-corrected chi connectivity index (χ1v) is 5.01. The molecule has 0 radical (unpaired) electrons. The minimum Gasteiger partial charge on any atom is -0.240 e. The fourth-order valence-electron chi connectivity index (χ4n) is 1.19. The van der Waals surface area contributed by atoms with Crippen LogP contribution in [0.3, 0.4) is 0 Å². The van der Waals surface area contributed by atoms with Crippen LogP contribution in [0.1, 0.15) is 39.7 Å². The fourth-order valence-corrected chi connectivity index (χ4v) is 1.46. The smallest absolute Gasteiger partial charge is 0.238 e.